The zero-order valence-electron chi connectivity index (χ0n) is 15.3. The SMILES string of the molecule is CCCCOC(=O)C/C(=C\C(=O)OCC(C)C)C(=O)OCCCC. The molecule has 0 fully saturated rings. The molecule has 0 aromatic rings. The van der Waals surface area contributed by atoms with E-state index >= 15 is 0 Å². The summed E-state index contributed by atoms with van der Waals surface area (Å²) in [4.78, 5) is 35.6. The first-order chi connectivity index (χ1) is 11.4. The Bertz CT molecular complexity index is 425. The van der Waals surface area contributed by atoms with Gasteiger partial charge in [-0.05, 0) is 18.8 Å². The zero-order valence-corrected chi connectivity index (χ0v) is 15.3. The normalized spacial score (nSPS) is 11.3. The Morgan fingerprint density at radius 2 is 1.50 bits per heavy atom. The van der Waals surface area contributed by atoms with E-state index in [0.717, 1.165) is 31.8 Å². The van der Waals surface area contributed by atoms with E-state index in [1.54, 1.807) is 0 Å². The molecule has 0 N–H and O–H groups in total. The highest BCUT2D eigenvalue weighted by molar-refractivity contribution is 5.99. The summed E-state index contributed by atoms with van der Waals surface area (Å²) in [5.41, 5.74) is -0.0404. The summed E-state index contributed by atoms with van der Waals surface area (Å²) >= 11 is 0. The van der Waals surface area contributed by atoms with Crippen molar-refractivity contribution in [2.45, 2.75) is 59.8 Å². The molecule has 0 heterocycles. The quantitative estimate of drug-likeness (QED) is 0.234. The topological polar surface area (TPSA) is 78.9 Å². The molecule has 0 spiro atoms. The molecule has 0 atom stereocenters. The monoisotopic (exact) mass is 342 g/mol. The fourth-order valence-corrected chi connectivity index (χ4v) is 1.55. The predicted octanol–water partition coefficient (Wildman–Crippen LogP) is 3.19. The van der Waals surface area contributed by atoms with Gasteiger partial charge in [-0.2, -0.15) is 0 Å². The van der Waals surface area contributed by atoms with Gasteiger partial charge in [0.25, 0.3) is 0 Å². The van der Waals surface area contributed by atoms with E-state index in [4.69, 9.17) is 14.2 Å². The zero-order chi connectivity index (χ0) is 18.4. The van der Waals surface area contributed by atoms with Gasteiger partial charge in [-0.3, -0.25) is 4.79 Å². The van der Waals surface area contributed by atoms with Crippen molar-refractivity contribution in [2.24, 2.45) is 5.92 Å². The number of carbonyl (C=O) groups is 3. The number of unbranched alkanes of at least 4 members (excludes halogenated alkanes) is 2. The van der Waals surface area contributed by atoms with Crippen molar-refractivity contribution in [3.05, 3.63) is 11.6 Å². The molecule has 0 bridgehead atoms. The van der Waals surface area contributed by atoms with Crippen LogP contribution in [0.15, 0.2) is 11.6 Å². The van der Waals surface area contributed by atoms with E-state index in [-0.39, 0.29) is 31.1 Å². The maximum absolute atomic E-state index is 12.1. The Morgan fingerprint density at radius 3 is 2.04 bits per heavy atom. The second kappa shape index (κ2) is 13.6. The minimum atomic E-state index is -0.683. The standard InChI is InChI=1S/C18H30O6/c1-5-7-9-22-16(19)11-15(18(21)23-10-8-6-2)12-17(20)24-13-14(3)4/h12,14H,5-11,13H2,1-4H3/b15-12+. The highest BCUT2D eigenvalue weighted by atomic mass is 16.5. The maximum atomic E-state index is 12.1. The second-order valence-electron chi connectivity index (χ2n) is 5.93. The van der Waals surface area contributed by atoms with Crippen LogP contribution in [-0.4, -0.2) is 37.7 Å². The van der Waals surface area contributed by atoms with Crippen LogP contribution in [0.2, 0.25) is 0 Å². The van der Waals surface area contributed by atoms with Crippen molar-refractivity contribution in [1.82, 2.24) is 0 Å². The molecule has 0 aromatic carbocycles. The lowest BCUT2D eigenvalue weighted by Crippen LogP contribution is -2.17. The summed E-state index contributed by atoms with van der Waals surface area (Å²) < 4.78 is 15.1. The van der Waals surface area contributed by atoms with Crippen molar-refractivity contribution >= 4 is 17.9 Å². The van der Waals surface area contributed by atoms with Gasteiger partial charge in [0.1, 0.15) is 0 Å². The van der Waals surface area contributed by atoms with E-state index in [2.05, 4.69) is 0 Å². The van der Waals surface area contributed by atoms with Gasteiger partial charge in [0, 0.05) is 6.08 Å². The Balaban J connectivity index is 4.77. The van der Waals surface area contributed by atoms with Gasteiger partial charge in [0.2, 0.25) is 0 Å². The van der Waals surface area contributed by atoms with Crippen LogP contribution in [0.4, 0.5) is 0 Å². The number of hydrogen-bond acceptors (Lipinski definition) is 6. The van der Waals surface area contributed by atoms with Crippen LogP contribution in [0.3, 0.4) is 0 Å². The Morgan fingerprint density at radius 1 is 0.917 bits per heavy atom. The summed E-state index contributed by atoms with van der Waals surface area (Å²) in [5.74, 6) is -1.72. The first kappa shape index (κ1) is 22.1. The molecule has 0 radical (unpaired) electrons. The minimum Gasteiger partial charge on any atom is -0.465 e. The van der Waals surface area contributed by atoms with Gasteiger partial charge in [0.15, 0.2) is 0 Å². The van der Waals surface area contributed by atoms with Crippen LogP contribution in [0.25, 0.3) is 0 Å². The third-order valence-electron chi connectivity index (χ3n) is 2.94. The summed E-state index contributed by atoms with van der Waals surface area (Å²) in [5, 5.41) is 0. The highest BCUT2D eigenvalue weighted by Crippen LogP contribution is 2.09. The fourth-order valence-electron chi connectivity index (χ4n) is 1.55. The number of esters is 3. The maximum Gasteiger partial charge on any atom is 0.334 e. The Kier molecular flexibility index (Phi) is 12.5. The molecule has 0 saturated carbocycles. The number of rotatable bonds is 12. The van der Waals surface area contributed by atoms with Gasteiger partial charge >= 0.3 is 17.9 Å². The molecule has 6 nitrogen and oxygen atoms in total. The summed E-state index contributed by atoms with van der Waals surface area (Å²) in [7, 11) is 0. The van der Waals surface area contributed by atoms with E-state index in [1.165, 1.54) is 0 Å². The first-order valence-corrected chi connectivity index (χ1v) is 8.60. The van der Waals surface area contributed by atoms with Gasteiger partial charge in [-0.1, -0.05) is 40.5 Å². The van der Waals surface area contributed by atoms with Crippen LogP contribution >= 0.6 is 0 Å². The molecule has 24 heavy (non-hydrogen) atoms. The molecule has 0 rings (SSSR count). The van der Waals surface area contributed by atoms with Crippen LogP contribution in [0.5, 0.6) is 0 Å². The third kappa shape index (κ3) is 11.7. The molecule has 0 aromatic heterocycles. The largest absolute Gasteiger partial charge is 0.465 e. The van der Waals surface area contributed by atoms with Crippen LogP contribution in [-0.2, 0) is 28.6 Å². The number of ether oxygens (including phenoxy) is 3. The lowest BCUT2D eigenvalue weighted by atomic mass is 10.1. The average Bonchev–Trinajstić information content (AvgIpc) is 2.52. The number of carbonyl (C=O) groups excluding carboxylic acids is 3. The van der Waals surface area contributed by atoms with Crippen molar-refractivity contribution in [2.75, 3.05) is 19.8 Å². The smallest absolute Gasteiger partial charge is 0.334 e. The molecule has 0 aliphatic heterocycles. The Labute approximate surface area is 144 Å². The van der Waals surface area contributed by atoms with Crippen LogP contribution < -0.4 is 0 Å². The van der Waals surface area contributed by atoms with Gasteiger partial charge in [-0.15, -0.1) is 0 Å². The molecular formula is C18H30O6. The molecule has 0 aliphatic carbocycles. The van der Waals surface area contributed by atoms with Crippen molar-refractivity contribution in [1.29, 1.82) is 0 Å². The van der Waals surface area contributed by atoms with E-state index in [0.29, 0.717) is 6.61 Å². The van der Waals surface area contributed by atoms with E-state index in [1.807, 2.05) is 27.7 Å². The highest BCUT2D eigenvalue weighted by Gasteiger charge is 2.18. The van der Waals surface area contributed by atoms with Crippen molar-refractivity contribution in [3.8, 4) is 0 Å². The summed E-state index contributed by atoms with van der Waals surface area (Å²) in [6.45, 7) is 8.55. The fraction of sp³-hybridized carbons (Fsp3) is 0.722. The van der Waals surface area contributed by atoms with Gasteiger partial charge in [-0.25, -0.2) is 9.59 Å². The van der Waals surface area contributed by atoms with Crippen LogP contribution in [0, 0.1) is 5.92 Å². The average molecular weight is 342 g/mol. The molecule has 0 aliphatic rings. The predicted molar refractivity (Wildman–Crippen MR) is 90.2 cm³/mol. The molecule has 0 saturated heterocycles. The minimum absolute atomic E-state index is 0.0404. The lowest BCUT2D eigenvalue weighted by Gasteiger charge is -2.09. The molecule has 6 heteroatoms. The van der Waals surface area contributed by atoms with Crippen LogP contribution in [0.1, 0.15) is 59.8 Å². The van der Waals surface area contributed by atoms with Crippen molar-refractivity contribution in [3.63, 3.8) is 0 Å². The molecule has 138 valence electrons. The second-order valence-corrected chi connectivity index (χ2v) is 5.93. The Hall–Kier alpha value is -1.85. The van der Waals surface area contributed by atoms with Crippen molar-refractivity contribution < 1.29 is 28.6 Å². The first-order valence-electron chi connectivity index (χ1n) is 8.60. The summed E-state index contributed by atoms with van der Waals surface area (Å²) in [6, 6.07) is 0. The van der Waals surface area contributed by atoms with Gasteiger partial charge in [0.05, 0.1) is 31.8 Å². The lowest BCUT2D eigenvalue weighted by molar-refractivity contribution is -0.146. The third-order valence-corrected chi connectivity index (χ3v) is 2.94. The summed E-state index contributed by atoms with van der Waals surface area (Å²) in [6.07, 6.45) is 3.97. The molecular weight excluding hydrogens is 312 g/mol. The number of hydrogen-bond donors (Lipinski definition) is 0. The van der Waals surface area contributed by atoms with E-state index < -0.39 is 17.9 Å². The molecule has 0 unspecified atom stereocenters. The van der Waals surface area contributed by atoms with Gasteiger partial charge < -0.3 is 14.2 Å². The van der Waals surface area contributed by atoms with E-state index in [9.17, 15) is 14.4 Å². The molecule has 0 amide bonds.